The van der Waals surface area contributed by atoms with Crippen LogP contribution in [0.25, 0.3) is 0 Å². The second-order valence-corrected chi connectivity index (χ2v) is 4.20. The minimum atomic E-state index is -0.722. The van der Waals surface area contributed by atoms with Gasteiger partial charge in [0.05, 0.1) is 13.2 Å². The Morgan fingerprint density at radius 2 is 1.33 bits per heavy atom. The summed E-state index contributed by atoms with van der Waals surface area (Å²) in [7, 11) is 0. The van der Waals surface area contributed by atoms with Crippen LogP contribution in [-0.4, -0.2) is 30.3 Å². The Balaban J connectivity index is 0.00000400. The minimum absolute atomic E-state index is 0. The normalized spacial score (nSPS) is 9.71. The maximum absolute atomic E-state index is 11.9. The fourth-order valence-corrected chi connectivity index (χ4v) is 1.94. The first-order valence-electron chi connectivity index (χ1n) is 6.32. The van der Waals surface area contributed by atoms with Gasteiger partial charge in [-0.3, -0.25) is 0 Å². The first kappa shape index (κ1) is 19.1. The third kappa shape index (κ3) is 3.58. The predicted octanol–water partition coefficient (Wildman–Crippen LogP) is 2.37. The number of nitrogen functional groups attached to an aromatic ring is 1. The van der Waals surface area contributed by atoms with Gasteiger partial charge in [-0.05, 0) is 38.8 Å². The summed E-state index contributed by atoms with van der Waals surface area (Å²) in [4.78, 5) is 23.8. The van der Waals surface area contributed by atoms with Gasteiger partial charge in [-0.1, -0.05) is 0 Å². The van der Waals surface area contributed by atoms with Crippen molar-refractivity contribution in [1.29, 1.82) is 0 Å². The van der Waals surface area contributed by atoms with Crippen molar-refractivity contribution < 1.29 is 24.2 Å². The topological polar surface area (TPSA) is 98.9 Å². The van der Waals surface area contributed by atoms with Crippen LogP contribution in [0.2, 0.25) is 0 Å². The minimum Gasteiger partial charge on any atom is -0.506 e. The van der Waals surface area contributed by atoms with Crippen LogP contribution in [0, 0.1) is 13.8 Å². The van der Waals surface area contributed by atoms with E-state index in [2.05, 4.69) is 0 Å². The van der Waals surface area contributed by atoms with Crippen LogP contribution >= 0.6 is 12.4 Å². The van der Waals surface area contributed by atoms with Gasteiger partial charge in [0.25, 0.3) is 0 Å². The summed E-state index contributed by atoms with van der Waals surface area (Å²) in [6.45, 7) is 6.77. The lowest BCUT2D eigenvalue weighted by Gasteiger charge is -2.16. The van der Waals surface area contributed by atoms with E-state index in [9.17, 15) is 14.7 Å². The first-order chi connectivity index (χ1) is 9.36. The molecule has 0 heterocycles. The lowest BCUT2D eigenvalue weighted by molar-refractivity contribution is 0.0518. The molecule has 3 N–H and O–H groups in total. The van der Waals surface area contributed by atoms with E-state index in [1.165, 1.54) is 0 Å². The number of rotatable bonds is 4. The van der Waals surface area contributed by atoms with Crippen molar-refractivity contribution in [1.82, 2.24) is 0 Å². The smallest absolute Gasteiger partial charge is 0.342 e. The third-order valence-corrected chi connectivity index (χ3v) is 2.99. The zero-order chi connectivity index (χ0) is 15.4. The number of ether oxygens (including phenoxy) is 2. The number of carbonyl (C=O) groups is 2. The zero-order valence-electron chi connectivity index (χ0n) is 12.5. The summed E-state index contributed by atoms with van der Waals surface area (Å²) in [5.74, 6) is -1.90. The molecule has 6 nitrogen and oxygen atoms in total. The molecule has 0 fully saturated rings. The van der Waals surface area contributed by atoms with Gasteiger partial charge in [0.1, 0.15) is 16.9 Å². The van der Waals surface area contributed by atoms with Crippen LogP contribution < -0.4 is 5.73 Å². The average Bonchev–Trinajstić information content (AvgIpc) is 2.37. The van der Waals surface area contributed by atoms with Gasteiger partial charge in [0, 0.05) is 5.69 Å². The van der Waals surface area contributed by atoms with Crippen molar-refractivity contribution >= 4 is 30.0 Å². The number of hydrogen-bond donors (Lipinski definition) is 2. The molecular formula is C14H20ClNO5. The summed E-state index contributed by atoms with van der Waals surface area (Å²) in [5, 5.41) is 10.2. The summed E-state index contributed by atoms with van der Waals surface area (Å²) in [6, 6.07) is 0. The highest BCUT2D eigenvalue weighted by atomic mass is 35.5. The number of phenolic OH excluding ortho intramolecular Hbond substituents is 1. The molecular weight excluding hydrogens is 298 g/mol. The van der Waals surface area contributed by atoms with E-state index in [-0.39, 0.29) is 42.4 Å². The van der Waals surface area contributed by atoms with Gasteiger partial charge in [0.15, 0.2) is 0 Å². The molecule has 1 aromatic carbocycles. The summed E-state index contributed by atoms with van der Waals surface area (Å²) in [6.07, 6.45) is 0. The lowest BCUT2D eigenvalue weighted by Crippen LogP contribution is -2.15. The number of benzene rings is 1. The number of nitrogens with two attached hydrogens (primary N) is 1. The summed E-state index contributed by atoms with van der Waals surface area (Å²) in [5.41, 5.74) is 6.72. The Kier molecular flexibility index (Phi) is 7.01. The van der Waals surface area contributed by atoms with Gasteiger partial charge >= 0.3 is 11.9 Å². The van der Waals surface area contributed by atoms with Crippen molar-refractivity contribution in [3.8, 4) is 5.75 Å². The standard InChI is InChI=1S/C14H19NO5.ClH/c1-5-19-13(17)9-7(3)11(15)8(4)10(12(9)16)14(18)20-6-2;/h16H,5-6,15H2,1-4H3;1H. The molecule has 7 heteroatoms. The van der Waals surface area contributed by atoms with Gasteiger partial charge < -0.3 is 20.3 Å². The second kappa shape index (κ2) is 7.73. The Morgan fingerprint density at radius 1 is 1.00 bits per heavy atom. The number of carbonyl (C=O) groups excluding carboxylic acids is 2. The van der Waals surface area contributed by atoms with E-state index in [4.69, 9.17) is 15.2 Å². The molecule has 0 amide bonds. The molecule has 0 aliphatic carbocycles. The number of hydrogen-bond acceptors (Lipinski definition) is 6. The maximum Gasteiger partial charge on any atom is 0.342 e. The van der Waals surface area contributed by atoms with Crippen LogP contribution in [-0.2, 0) is 9.47 Å². The molecule has 0 saturated carbocycles. The molecule has 1 rings (SSSR count). The highest BCUT2D eigenvalue weighted by molar-refractivity contribution is 6.04. The highest BCUT2D eigenvalue weighted by Gasteiger charge is 2.27. The van der Waals surface area contributed by atoms with Gasteiger partial charge in [-0.25, -0.2) is 9.59 Å². The van der Waals surface area contributed by atoms with Crippen LogP contribution in [0.5, 0.6) is 5.75 Å². The molecule has 0 aliphatic rings. The van der Waals surface area contributed by atoms with E-state index < -0.39 is 17.7 Å². The van der Waals surface area contributed by atoms with Crippen molar-refractivity contribution in [3.05, 3.63) is 22.3 Å². The van der Waals surface area contributed by atoms with Crippen molar-refractivity contribution in [2.45, 2.75) is 27.7 Å². The fraction of sp³-hybridized carbons (Fsp3) is 0.429. The maximum atomic E-state index is 11.9. The van der Waals surface area contributed by atoms with E-state index in [1.54, 1.807) is 27.7 Å². The van der Waals surface area contributed by atoms with Crippen molar-refractivity contribution in [3.63, 3.8) is 0 Å². The highest BCUT2D eigenvalue weighted by Crippen LogP contribution is 2.35. The molecule has 118 valence electrons. The van der Waals surface area contributed by atoms with E-state index in [0.29, 0.717) is 11.1 Å². The molecule has 0 radical (unpaired) electrons. The number of phenols is 1. The molecule has 21 heavy (non-hydrogen) atoms. The van der Waals surface area contributed by atoms with E-state index in [0.717, 1.165) is 0 Å². The SMILES string of the molecule is CCOC(=O)c1c(C)c(N)c(C)c(C(=O)OCC)c1O.Cl. The van der Waals surface area contributed by atoms with Gasteiger partial charge in [-0.15, -0.1) is 12.4 Å². The number of esters is 2. The van der Waals surface area contributed by atoms with E-state index in [1.807, 2.05) is 0 Å². The molecule has 0 aromatic heterocycles. The molecule has 0 unspecified atom stereocenters. The number of halogens is 1. The Bertz CT molecular complexity index is 512. The fourth-order valence-electron chi connectivity index (χ4n) is 1.94. The van der Waals surface area contributed by atoms with E-state index >= 15 is 0 Å². The lowest BCUT2D eigenvalue weighted by atomic mass is 9.95. The molecule has 0 aliphatic heterocycles. The second-order valence-electron chi connectivity index (χ2n) is 4.20. The van der Waals surface area contributed by atoms with Crippen LogP contribution in [0.4, 0.5) is 5.69 Å². The molecule has 0 bridgehead atoms. The largest absolute Gasteiger partial charge is 0.506 e. The molecule has 0 spiro atoms. The Hall–Kier alpha value is -1.95. The van der Waals surface area contributed by atoms with Crippen molar-refractivity contribution in [2.75, 3.05) is 18.9 Å². The Labute approximate surface area is 129 Å². The zero-order valence-corrected chi connectivity index (χ0v) is 13.3. The number of aromatic hydroxyl groups is 1. The summed E-state index contributed by atoms with van der Waals surface area (Å²) < 4.78 is 9.75. The number of anilines is 1. The Morgan fingerprint density at radius 3 is 1.62 bits per heavy atom. The monoisotopic (exact) mass is 317 g/mol. The van der Waals surface area contributed by atoms with Crippen LogP contribution in [0.1, 0.15) is 45.7 Å². The van der Waals surface area contributed by atoms with Crippen molar-refractivity contribution in [2.24, 2.45) is 0 Å². The van der Waals surface area contributed by atoms with Crippen LogP contribution in [0.15, 0.2) is 0 Å². The third-order valence-electron chi connectivity index (χ3n) is 2.99. The molecule has 1 aromatic rings. The summed E-state index contributed by atoms with van der Waals surface area (Å²) >= 11 is 0. The molecule has 0 atom stereocenters. The predicted molar refractivity (Wildman–Crippen MR) is 81.2 cm³/mol. The first-order valence-corrected chi connectivity index (χ1v) is 6.32. The quantitative estimate of drug-likeness (QED) is 0.502. The van der Waals surface area contributed by atoms with Gasteiger partial charge in [0.2, 0.25) is 0 Å². The average molecular weight is 318 g/mol. The van der Waals surface area contributed by atoms with Gasteiger partial charge in [-0.2, -0.15) is 0 Å². The molecule has 0 saturated heterocycles. The van der Waals surface area contributed by atoms with Crippen LogP contribution in [0.3, 0.4) is 0 Å².